The number of aliphatic imine (C=N–C) groups is 1. The fourth-order valence-electron chi connectivity index (χ4n) is 3.82. The number of carbonyl (C=O) groups is 3. The van der Waals surface area contributed by atoms with Gasteiger partial charge in [-0.15, -0.1) is 0 Å². The molecule has 0 unspecified atom stereocenters. The summed E-state index contributed by atoms with van der Waals surface area (Å²) in [5, 5.41) is 28.3. The van der Waals surface area contributed by atoms with E-state index in [0.717, 1.165) is 18.0 Å². The number of carboxylic acid groups (broad SMARTS) is 1. The Labute approximate surface area is 166 Å². The van der Waals surface area contributed by atoms with E-state index in [0.29, 0.717) is 0 Å². The molecule has 0 aliphatic carbocycles. The third-order valence-electron chi connectivity index (χ3n) is 5.56. The normalized spacial score (nSPS) is 27.7. The first-order chi connectivity index (χ1) is 13.3. The number of amides is 1. The third kappa shape index (κ3) is 2.79. The molecule has 2 aliphatic rings. The van der Waals surface area contributed by atoms with E-state index < -0.39 is 50.2 Å². The van der Waals surface area contributed by atoms with Crippen LogP contribution in [-0.2, 0) is 19.4 Å². The number of aliphatic carboxylic acids is 1. The lowest BCUT2D eigenvalue weighted by Gasteiger charge is -2.35. The summed E-state index contributed by atoms with van der Waals surface area (Å²) in [7, 11) is -4.07. The van der Waals surface area contributed by atoms with Crippen LogP contribution in [0.25, 0.3) is 0 Å². The van der Waals surface area contributed by atoms with Crippen molar-refractivity contribution in [3.05, 3.63) is 22.8 Å². The Kier molecular flexibility index (Phi) is 4.69. The molecule has 2 aliphatic heterocycles. The maximum absolute atomic E-state index is 12.8. The molecule has 2 heterocycles. The zero-order valence-corrected chi connectivity index (χ0v) is 16.7. The van der Waals surface area contributed by atoms with Gasteiger partial charge in [-0.1, -0.05) is 0 Å². The van der Waals surface area contributed by atoms with Crippen molar-refractivity contribution >= 4 is 33.7 Å². The summed E-state index contributed by atoms with van der Waals surface area (Å²) in [5.41, 5.74) is 0.276. The largest absolute Gasteiger partial charge is 0.508 e. The summed E-state index contributed by atoms with van der Waals surface area (Å²) in [6, 6.07) is -0.342. The van der Waals surface area contributed by atoms with Gasteiger partial charge in [0.2, 0.25) is 5.91 Å². The molecule has 1 aromatic carbocycles. The van der Waals surface area contributed by atoms with Crippen LogP contribution in [0.15, 0.2) is 11.1 Å². The van der Waals surface area contributed by atoms with Gasteiger partial charge in [0.05, 0.1) is 12.0 Å². The number of β-lactam (4-membered cyclic amide) rings is 1. The molecule has 10 nitrogen and oxygen atoms in total. The molecule has 29 heavy (non-hydrogen) atoms. The minimum atomic E-state index is -4.07. The van der Waals surface area contributed by atoms with Gasteiger partial charge in [-0.2, -0.15) is 0 Å². The summed E-state index contributed by atoms with van der Waals surface area (Å²) in [5.74, 6) is -3.25. The highest BCUT2D eigenvalue weighted by Crippen LogP contribution is 2.45. The van der Waals surface area contributed by atoms with E-state index in [1.165, 1.54) is 19.9 Å². The number of hydrogen-bond acceptors (Lipinski definition) is 8. The zero-order valence-electron chi connectivity index (χ0n) is 15.9. The van der Waals surface area contributed by atoms with Crippen molar-refractivity contribution in [2.24, 2.45) is 4.99 Å². The smallest absolute Gasteiger partial charge is 0.328 e. The van der Waals surface area contributed by atoms with Gasteiger partial charge in [-0.3, -0.25) is 14.6 Å². The number of benzene rings is 1. The van der Waals surface area contributed by atoms with Crippen molar-refractivity contribution in [2.45, 2.75) is 43.4 Å². The average molecular weight is 424 g/mol. The van der Waals surface area contributed by atoms with Crippen LogP contribution in [0.3, 0.4) is 0 Å². The van der Waals surface area contributed by atoms with Gasteiger partial charge in [0, 0.05) is 11.8 Å². The second-order valence-electron chi connectivity index (χ2n) is 7.38. The minimum absolute atomic E-state index is 0.145. The second kappa shape index (κ2) is 6.55. The summed E-state index contributed by atoms with van der Waals surface area (Å²) in [6.07, 6.45) is 0.594. The van der Waals surface area contributed by atoms with E-state index in [-0.39, 0.29) is 34.6 Å². The van der Waals surface area contributed by atoms with Crippen molar-refractivity contribution in [3.63, 3.8) is 0 Å². The lowest BCUT2D eigenvalue weighted by molar-refractivity contribution is -0.156. The quantitative estimate of drug-likeness (QED) is 0.261. The number of carboxylic acids is 1. The van der Waals surface area contributed by atoms with Crippen LogP contribution < -0.4 is 0 Å². The highest BCUT2D eigenvalue weighted by Gasteiger charge is 2.69. The van der Waals surface area contributed by atoms with Crippen LogP contribution in [0.2, 0.25) is 0 Å². The molecular formula is C18H20N2O8S. The summed E-state index contributed by atoms with van der Waals surface area (Å²) >= 11 is 0. The summed E-state index contributed by atoms with van der Waals surface area (Å²) in [6.45, 7) is 3.51. The van der Waals surface area contributed by atoms with Gasteiger partial charge in [0.15, 0.2) is 21.7 Å². The van der Waals surface area contributed by atoms with Crippen molar-refractivity contribution < 1.29 is 38.1 Å². The topological polar surface area (TPSA) is 162 Å². The first kappa shape index (κ1) is 20.8. The van der Waals surface area contributed by atoms with Gasteiger partial charge in [0.1, 0.15) is 28.2 Å². The minimum Gasteiger partial charge on any atom is -0.508 e. The number of phenols is 2. The fraction of sp³-hybridized carbons (Fsp3) is 0.444. The number of Topliss-reactive ketones (excluding diaryl/α,β-unsaturated/α-hetero) is 1. The molecule has 3 atom stereocenters. The molecule has 2 saturated heterocycles. The van der Waals surface area contributed by atoms with Crippen molar-refractivity contribution in [3.8, 4) is 11.5 Å². The number of sulfone groups is 1. The van der Waals surface area contributed by atoms with E-state index in [4.69, 9.17) is 0 Å². The monoisotopic (exact) mass is 424 g/mol. The number of phenolic OH excluding ortho intramolecular Hbond substituents is 2. The number of aryl methyl sites for hydroxylation is 1. The Hall–Kier alpha value is -2.95. The number of ketones is 1. The number of rotatable bonds is 5. The number of fused-ring (bicyclic) bond motifs is 1. The summed E-state index contributed by atoms with van der Waals surface area (Å²) < 4.78 is 23.5. The number of aromatic hydroxyl groups is 2. The third-order valence-corrected chi connectivity index (χ3v) is 8.22. The number of carbonyl (C=O) groups excluding carboxylic acids is 2. The lowest BCUT2D eigenvalue weighted by Crippen LogP contribution is -2.57. The van der Waals surface area contributed by atoms with Crippen molar-refractivity contribution in [1.82, 2.24) is 4.90 Å². The Bertz CT molecular complexity index is 1050. The molecule has 0 radical (unpaired) electrons. The van der Waals surface area contributed by atoms with E-state index >= 15 is 0 Å². The summed E-state index contributed by atoms with van der Waals surface area (Å²) in [4.78, 5) is 40.6. The Morgan fingerprint density at radius 1 is 1.34 bits per heavy atom. The number of hydrogen-bond donors (Lipinski definition) is 3. The van der Waals surface area contributed by atoms with Gasteiger partial charge >= 0.3 is 5.97 Å². The first-order valence-electron chi connectivity index (χ1n) is 8.68. The predicted octanol–water partition coefficient (Wildman–Crippen LogP) is 0.167. The Balaban J connectivity index is 1.93. The standard InChI is InChI=1S/C18H20N2O8S/c1-8-4-10(21)9(2)14(15(8)24)11(22)6-19-7-18(3)16(17(25)26)20-12(23)5-13(20)29(18,27)28/h4,7,13,16,21,24H,5-6H2,1-3H3,(H,25,26)/t13-,16+,18+/m1/s1. The highest BCUT2D eigenvalue weighted by atomic mass is 32.2. The molecule has 11 heteroatoms. The molecule has 3 rings (SSSR count). The fourth-order valence-corrected chi connectivity index (χ4v) is 6.05. The maximum Gasteiger partial charge on any atom is 0.328 e. The molecule has 2 fully saturated rings. The molecule has 0 aromatic heterocycles. The number of nitrogens with zero attached hydrogens (tertiary/aromatic N) is 2. The van der Waals surface area contributed by atoms with Crippen LogP contribution in [0.5, 0.6) is 11.5 Å². The zero-order chi connectivity index (χ0) is 21.9. The SMILES string of the molecule is Cc1cc(O)c(C)c(C(=O)CN=C[C@@]2(C)[C@H](C(=O)O)N3C(=O)C[C@H]3S2(=O)=O)c1O. The van der Waals surface area contributed by atoms with Crippen LogP contribution in [0.1, 0.15) is 34.8 Å². The van der Waals surface area contributed by atoms with Crippen LogP contribution >= 0.6 is 0 Å². The average Bonchev–Trinajstić information content (AvgIpc) is 2.75. The van der Waals surface area contributed by atoms with Gasteiger partial charge < -0.3 is 20.2 Å². The van der Waals surface area contributed by atoms with E-state index in [1.54, 1.807) is 0 Å². The van der Waals surface area contributed by atoms with Crippen LogP contribution in [0, 0.1) is 13.8 Å². The van der Waals surface area contributed by atoms with Gasteiger partial charge in [-0.25, -0.2) is 13.2 Å². The van der Waals surface area contributed by atoms with Gasteiger partial charge in [-0.05, 0) is 32.4 Å². The van der Waals surface area contributed by atoms with E-state index in [9.17, 15) is 38.1 Å². The Morgan fingerprint density at radius 3 is 2.52 bits per heavy atom. The molecule has 0 saturated carbocycles. The van der Waals surface area contributed by atoms with Crippen molar-refractivity contribution in [2.75, 3.05) is 6.54 Å². The lowest BCUT2D eigenvalue weighted by atomic mass is 9.97. The molecule has 1 aromatic rings. The first-order valence-corrected chi connectivity index (χ1v) is 10.2. The second-order valence-corrected chi connectivity index (χ2v) is 9.90. The van der Waals surface area contributed by atoms with E-state index in [1.807, 2.05) is 0 Å². The molecule has 0 spiro atoms. The molecule has 1 amide bonds. The Morgan fingerprint density at radius 2 is 1.97 bits per heavy atom. The maximum atomic E-state index is 12.8. The van der Waals surface area contributed by atoms with Gasteiger partial charge in [0.25, 0.3) is 0 Å². The van der Waals surface area contributed by atoms with Crippen LogP contribution in [-0.4, -0.2) is 75.2 Å². The molecule has 0 bridgehead atoms. The molecule has 156 valence electrons. The molecular weight excluding hydrogens is 404 g/mol. The molecule has 3 N–H and O–H groups in total. The van der Waals surface area contributed by atoms with Crippen LogP contribution in [0.4, 0.5) is 0 Å². The van der Waals surface area contributed by atoms with Crippen molar-refractivity contribution in [1.29, 1.82) is 0 Å². The predicted molar refractivity (Wildman–Crippen MR) is 101 cm³/mol. The van der Waals surface area contributed by atoms with E-state index in [2.05, 4.69) is 4.99 Å². The highest BCUT2D eigenvalue weighted by molar-refractivity contribution is 7.94.